The zero-order chi connectivity index (χ0) is 22.1. The number of esters is 1. The molecule has 0 unspecified atom stereocenters. The van der Waals surface area contributed by atoms with Gasteiger partial charge in [0.25, 0.3) is 11.6 Å². The van der Waals surface area contributed by atoms with Gasteiger partial charge in [-0.2, -0.15) is 0 Å². The van der Waals surface area contributed by atoms with Crippen molar-refractivity contribution in [1.29, 1.82) is 0 Å². The van der Waals surface area contributed by atoms with Crippen LogP contribution in [0.4, 0.5) is 17.1 Å². The number of para-hydroxylation sites is 1. The van der Waals surface area contributed by atoms with Gasteiger partial charge in [0.1, 0.15) is 0 Å². The van der Waals surface area contributed by atoms with E-state index in [4.69, 9.17) is 4.74 Å². The van der Waals surface area contributed by atoms with E-state index in [-0.39, 0.29) is 24.0 Å². The summed E-state index contributed by atoms with van der Waals surface area (Å²) in [5, 5.41) is 25.2. The average Bonchev–Trinajstić information content (AvgIpc) is 2.96. The Hall–Kier alpha value is -3.46. The average molecular weight is 413 g/mol. The third kappa shape index (κ3) is 3.37. The lowest BCUT2D eigenvalue weighted by molar-refractivity contribution is -0.384. The van der Waals surface area contributed by atoms with Crippen LogP contribution in [0.15, 0.2) is 48.5 Å². The van der Waals surface area contributed by atoms with Gasteiger partial charge in [-0.05, 0) is 32.9 Å². The maximum atomic E-state index is 13.7. The monoisotopic (exact) mass is 413 g/mol. The minimum absolute atomic E-state index is 0.0204. The molecule has 1 heterocycles. The maximum absolute atomic E-state index is 13.7. The fraction of sp³-hybridized carbons (Fsp3) is 0.333. The van der Waals surface area contributed by atoms with Crippen molar-refractivity contribution >= 4 is 28.9 Å². The lowest BCUT2D eigenvalue weighted by Crippen LogP contribution is -2.58. The molecule has 0 aliphatic carbocycles. The van der Waals surface area contributed by atoms with Gasteiger partial charge in [-0.25, -0.2) is 4.79 Å². The Morgan fingerprint density at radius 2 is 1.97 bits per heavy atom. The molecule has 0 aromatic heterocycles. The van der Waals surface area contributed by atoms with Crippen LogP contribution in [-0.2, 0) is 19.9 Å². The summed E-state index contributed by atoms with van der Waals surface area (Å²) in [5.74, 6) is -1.52. The number of hydrogen-bond acceptors (Lipinski definition) is 7. The molecule has 158 valence electrons. The summed E-state index contributed by atoms with van der Waals surface area (Å²) < 4.78 is 4.99. The van der Waals surface area contributed by atoms with E-state index in [1.807, 2.05) is 13.8 Å². The van der Waals surface area contributed by atoms with Crippen molar-refractivity contribution in [3.8, 4) is 0 Å². The van der Waals surface area contributed by atoms with E-state index in [2.05, 4.69) is 5.32 Å². The Morgan fingerprint density at radius 3 is 2.60 bits per heavy atom. The number of benzene rings is 2. The number of ether oxygens (including phenoxy) is 1. The van der Waals surface area contributed by atoms with Crippen molar-refractivity contribution in [1.82, 2.24) is 0 Å². The molecule has 0 fully saturated rings. The first-order valence-electron chi connectivity index (χ1n) is 9.54. The molecular weight excluding hydrogens is 390 g/mol. The number of carbonyl (C=O) groups is 2. The SMILES string of the molecule is CCOC(=O)[C@@H](O)[C@]1(Nc2cccc([N+](=O)[O-])c2)C(=O)N(C(C)C)c2ccccc21. The Bertz CT molecular complexity index is 992. The normalized spacial score (nSPS) is 18.8. The number of nitro groups is 1. The summed E-state index contributed by atoms with van der Waals surface area (Å²) in [6.45, 7) is 5.24. The highest BCUT2D eigenvalue weighted by Crippen LogP contribution is 2.46. The number of non-ortho nitro benzene ring substituents is 1. The van der Waals surface area contributed by atoms with Gasteiger partial charge in [-0.15, -0.1) is 0 Å². The quantitative estimate of drug-likeness (QED) is 0.406. The molecule has 3 rings (SSSR count). The molecule has 2 aromatic carbocycles. The third-order valence-electron chi connectivity index (χ3n) is 4.98. The predicted molar refractivity (Wildman–Crippen MR) is 110 cm³/mol. The first-order chi connectivity index (χ1) is 14.2. The lowest BCUT2D eigenvalue weighted by Gasteiger charge is -2.34. The number of carbonyl (C=O) groups excluding carboxylic acids is 2. The highest BCUT2D eigenvalue weighted by atomic mass is 16.6. The second-order valence-corrected chi connectivity index (χ2v) is 7.18. The van der Waals surface area contributed by atoms with Gasteiger partial charge in [0.2, 0.25) is 0 Å². The molecule has 1 aliphatic rings. The van der Waals surface area contributed by atoms with Crippen LogP contribution in [0, 0.1) is 10.1 Å². The summed E-state index contributed by atoms with van der Waals surface area (Å²) in [4.78, 5) is 38.3. The first-order valence-corrected chi connectivity index (χ1v) is 9.54. The number of aliphatic hydroxyl groups is 1. The van der Waals surface area contributed by atoms with E-state index in [1.54, 1.807) is 31.2 Å². The van der Waals surface area contributed by atoms with Crippen LogP contribution >= 0.6 is 0 Å². The van der Waals surface area contributed by atoms with E-state index in [9.17, 15) is 24.8 Å². The highest BCUT2D eigenvalue weighted by Gasteiger charge is 2.59. The second kappa shape index (κ2) is 8.11. The fourth-order valence-corrected chi connectivity index (χ4v) is 3.72. The number of amides is 1. The van der Waals surface area contributed by atoms with Crippen molar-refractivity contribution in [2.75, 3.05) is 16.8 Å². The van der Waals surface area contributed by atoms with E-state index in [0.29, 0.717) is 11.3 Å². The van der Waals surface area contributed by atoms with E-state index >= 15 is 0 Å². The molecular formula is C21H23N3O6. The minimum atomic E-state index is -1.90. The number of aliphatic hydroxyl groups excluding tert-OH is 1. The molecule has 1 amide bonds. The fourth-order valence-electron chi connectivity index (χ4n) is 3.72. The molecule has 9 nitrogen and oxygen atoms in total. The lowest BCUT2D eigenvalue weighted by atomic mass is 9.84. The molecule has 0 spiro atoms. The zero-order valence-electron chi connectivity index (χ0n) is 16.9. The maximum Gasteiger partial charge on any atom is 0.338 e. The number of nitrogens with one attached hydrogen (secondary N) is 1. The van der Waals surface area contributed by atoms with Gasteiger partial charge in [0.15, 0.2) is 11.6 Å². The summed E-state index contributed by atoms with van der Waals surface area (Å²) in [6.07, 6.45) is -1.88. The molecule has 0 saturated heterocycles. The summed E-state index contributed by atoms with van der Waals surface area (Å²) in [5.41, 5.74) is -0.960. The third-order valence-corrected chi connectivity index (χ3v) is 4.98. The standard InChI is InChI=1S/C21H23N3O6/c1-4-30-19(26)18(25)21(22-14-8-7-9-15(12-14)24(28)29)16-10-5-6-11-17(16)23(13(2)3)20(21)27/h5-13,18,22,25H,4H2,1-3H3/t18-,21+/m1/s1. The van der Waals surface area contributed by atoms with Crippen molar-refractivity contribution < 1.29 is 24.4 Å². The predicted octanol–water partition coefficient (Wildman–Crippen LogP) is 2.58. The van der Waals surface area contributed by atoms with Crippen LogP contribution in [0.3, 0.4) is 0 Å². The second-order valence-electron chi connectivity index (χ2n) is 7.18. The van der Waals surface area contributed by atoms with Crippen molar-refractivity contribution in [3.63, 3.8) is 0 Å². The minimum Gasteiger partial charge on any atom is -0.464 e. The molecule has 30 heavy (non-hydrogen) atoms. The van der Waals surface area contributed by atoms with Gasteiger partial charge in [0.05, 0.1) is 17.2 Å². The van der Waals surface area contributed by atoms with Crippen molar-refractivity contribution in [2.24, 2.45) is 0 Å². The molecule has 2 aromatic rings. The molecule has 0 saturated carbocycles. The molecule has 1 aliphatic heterocycles. The Balaban J connectivity index is 2.21. The van der Waals surface area contributed by atoms with Crippen molar-refractivity contribution in [3.05, 3.63) is 64.2 Å². The number of hydrogen-bond donors (Lipinski definition) is 2. The molecule has 2 atom stereocenters. The first kappa shape index (κ1) is 21.3. The summed E-state index contributed by atoms with van der Waals surface area (Å²) in [6, 6.07) is 12.1. The Labute approximate surface area is 173 Å². The molecule has 9 heteroatoms. The van der Waals surface area contributed by atoms with Gasteiger partial charge in [-0.3, -0.25) is 14.9 Å². The van der Waals surface area contributed by atoms with E-state index < -0.39 is 28.4 Å². The van der Waals surface area contributed by atoms with Crippen LogP contribution in [0.2, 0.25) is 0 Å². The number of nitrogens with zero attached hydrogens (tertiary/aromatic N) is 2. The van der Waals surface area contributed by atoms with Gasteiger partial charge in [-0.1, -0.05) is 24.3 Å². The number of nitro benzene ring substituents is 1. The number of anilines is 2. The summed E-state index contributed by atoms with van der Waals surface area (Å²) in [7, 11) is 0. The largest absolute Gasteiger partial charge is 0.464 e. The van der Waals surface area contributed by atoms with Crippen molar-refractivity contribution in [2.45, 2.75) is 38.5 Å². The zero-order valence-corrected chi connectivity index (χ0v) is 16.9. The van der Waals surface area contributed by atoms with Crippen LogP contribution < -0.4 is 10.2 Å². The van der Waals surface area contributed by atoms with Crippen LogP contribution in [0.5, 0.6) is 0 Å². The highest BCUT2D eigenvalue weighted by molar-refractivity contribution is 6.12. The van der Waals surface area contributed by atoms with E-state index in [1.165, 1.54) is 29.2 Å². The van der Waals surface area contributed by atoms with Gasteiger partial charge in [0, 0.05) is 29.4 Å². The molecule has 0 bridgehead atoms. The number of rotatable bonds is 7. The van der Waals surface area contributed by atoms with Gasteiger partial charge < -0.3 is 20.1 Å². The smallest absolute Gasteiger partial charge is 0.338 e. The summed E-state index contributed by atoms with van der Waals surface area (Å²) >= 11 is 0. The topological polar surface area (TPSA) is 122 Å². The van der Waals surface area contributed by atoms with Crippen LogP contribution in [0.1, 0.15) is 26.3 Å². The van der Waals surface area contributed by atoms with Gasteiger partial charge >= 0.3 is 5.97 Å². The molecule has 0 radical (unpaired) electrons. The van der Waals surface area contributed by atoms with E-state index in [0.717, 1.165) is 0 Å². The van der Waals surface area contributed by atoms with Crippen LogP contribution in [-0.4, -0.2) is 40.7 Å². The Morgan fingerprint density at radius 1 is 1.27 bits per heavy atom. The Kier molecular flexibility index (Phi) is 5.75. The van der Waals surface area contributed by atoms with Crippen LogP contribution in [0.25, 0.3) is 0 Å². The molecule has 2 N–H and O–H groups in total. The number of fused-ring (bicyclic) bond motifs is 1.